The fourth-order valence-corrected chi connectivity index (χ4v) is 4.01. The summed E-state index contributed by atoms with van der Waals surface area (Å²) in [6, 6.07) is 6.46. The molecule has 21 heavy (non-hydrogen) atoms. The first-order valence-electron chi connectivity index (χ1n) is 7.96. The van der Waals surface area contributed by atoms with Gasteiger partial charge in [-0.2, -0.15) is 0 Å². The molecule has 1 atom stereocenters. The van der Waals surface area contributed by atoms with Crippen molar-refractivity contribution in [1.29, 1.82) is 0 Å². The predicted octanol–water partition coefficient (Wildman–Crippen LogP) is 4.19. The Bertz CT molecular complexity index is 686. The standard InChI is InChI=1S/C18H23NO2/c1-3-12-7-5-8-13-14-9-6-10-18(4-2,11-15(20)21)17(14)19-16(12)13/h5,7-8,19H,3-4,6,9-11H2,1-2H3,(H,20,21). The molecule has 2 N–H and O–H groups in total. The van der Waals surface area contributed by atoms with E-state index in [1.807, 2.05) is 0 Å². The zero-order valence-corrected chi connectivity index (χ0v) is 12.8. The van der Waals surface area contributed by atoms with Gasteiger partial charge in [-0.3, -0.25) is 4.79 Å². The number of aromatic amines is 1. The molecule has 0 fully saturated rings. The Morgan fingerprint density at radius 1 is 1.38 bits per heavy atom. The van der Waals surface area contributed by atoms with Gasteiger partial charge in [-0.05, 0) is 43.2 Å². The Balaban J connectivity index is 2.24. The molecule has 0 saturated carbocycles. The molecule has 0 saturated heterocycles. The van der Waals surface area contributed by atoms with Crippen molar-refractivity contribution in [3.63, 3.8) is 0 Å². The van der Waals surface area contributed by atoms with E-state index in [0.717, 1.165) is 32.1 Å². The van der Waals surface area contributed by atoms with Gasteiger partial charge < -0.3 is 10.1 Å². The highest BCUT2D eigenvalue weighted by molar-refractivity contribution is 5.88. The maximum atomic E-state index is 11.4. The molecule has 3 nitrogen and oxygen atoms in total. The van der Waals surface area contributed by atoms with Gasteiger partial charge in [0.25, 0.3) is 0 Å². The summed E-state index contributed by atoms with van der Waals surface area (Å²) in [5, 5.41) is 10.6. The van der Waals surface area contributed by atoms with Gasteiger partial charge in [0.2, 0.25) is 0 Å². The number of hydrogen-bond donors (Lipinski definition) is 2. The molecule has 1 aromatic heterocycles. The molecule has 1 heterocycles. The minimum absolute atomic E-state index is 0.219. The van der Waals surface area contributed by atoms with Crippen LogP contribution in [0.3, 0.4) is 0 Å². The third kappa shape index (κ3) is 2.15. The maximum absolute atomic E-state index is 11.4. The number of H-pyrrole nitrogens is 1. The van der Waals surface area contributed by atoms with Gasteiger partial charge in [0, 0.05) is 22.0 Å². The molecule has 112 valence electrons. The Morgan fingerprint density at radius 2 is 2.19 bits per heavy atom. The first kappa shape index (κ1) is 14.2. The molecule has 0 radical (unpaired) electrons. The zero-order chi connectivity index (χ0) is 15.0. The van der Waals surface area contributed by atoms with Crippen molar-refractivity contribution >= 4 is 16.9 Å². The molecule has 0 spiro atoms. The summed E-state index contributed by atoms with van der Waals surface area (Å²) in [5.74, 6) is -0.695. The first-order chi connectivity index (χ1) is 10.1. The van der Waals surface area contributed by atoms with Gasteiger partial charge in [-0.1, -0.05) is 32.0 Å². The molecule has 1 unspecified atom stereocenters. The lowest BCUT2D eigenvalue weighted by molar-refractivity contribution is -0.138. The van der Waals surface area contributed by atoms with Crippen LogP contribution < -0.4 is 0 Å². The fraction of sp³-hybridized carbons (Fsp3) is 0.500. The Labute approximate surface area is 125 Å². The predicted molar refractivity (Wildman–Crippen MR) is 84.8 cm³/mol. The normalized spacial score (nSPS) is 21.4. The fourth-order valence-electron chi connectivity index (χ4n) is 4.01. The molecule has 3 rings (SSSR count). The zero-order valence-electron chi connectivity index (χ0n) is 12.8. The number of nitrogens with one attached hydrogen (secondary N) is 1. The van der Waals surface area contributed by atoms with Crippen molar-refractivity contribution in [2.24, 2.45) is 0 Å². The molecule has 1 aliphatic carbocycles. The van der Waals surface area contributed by atoms with Gasteiger partial charge >= 0.3 is 5.97 Å². The smallest absolute Gasteiger partial charge is 0.304 e. The largest absolute Gasteiger partial charge is 0.481 e. The quantitative estimate of drug-likeness (QED) is 0.885. The average molecular weight is 285 g/mol. The summed E-state index contributed by atoms with van der Waals surface area (Å²) in [6.45, 7) is 4.28. The number of rotatable bonds is 4. The van der Waals surface area contributed by atoms with Crippen molar-refractivity contribution in [3.8, 4) is 0 Å². The second kappa shape index (κ2) is 5.21. The lowest BCUT2D eigenvalue weighted by atomic mass is 9.69. The lowest BCUT2D eigenvalue weighted by Crippen LogP contribution is -2.33. The highest BCUT2D eigenvalue weighted by Gasteiger charge is 2.39. The van der Waals surface area contributed by atoms with Crippen molar-refractivity contribution in [3.05, 3.63) is 35.0 Å². The van der Waals surface area contributed by atoms with E-state index in [-0.39, 0.29) is 11.8 Å². The monoisotopic (exact) mass is 285 g/mol. The van der Waals surface area contributed by atoms with Crippen LogP contribution in [0.2, 0.25) is 0 Å². The van der Waals surface area contributed by atoms with Crippen LogP contribution in [0.1, 0.15) is 56.4 Å². The van der Waals surface area contributed by atoms with Gasteiger partial charge in [-0.15, -0.1) is 0 Å². The summed E-state index contributed by atoms with van der Waals surface area (Å²) in [5.41, 5.74) is 4.87. The van der Waals surface area contributed by atoms with E-state index in [1.54, 1.807) is 0 Å². The van der Waals surface area contributed by atoms with Crippen molar-refractivity contribution in [1.82, 2.24) is 4.98 Å². The first-order valence-corrected chi connectivity index (χ1v) is 7.96. The molecule has 0 bridgehead atoms. The number of hydrogen-bond acceptors (Lipinski definition) is 1. The number of aromatic nitrogens is 1. The highest BCUT2D eigenvalue weighted by atomic mass is 16.4. The number of para-hydroxylation sites is 1. The number of aryl methyl sites for hydroxylation is 2. The molecule has 1 aliphatic rings. The number of aliphatic carboxylic acids is 1. The second-order valence-corrected chi connectivity index (χ2v) is 6.23. The summed E-state index contributed by atoms with van der Waals surface area (Å²) in [6.07, 6.45) is 5.21. The second-order valence-electron chi connectivity index (χ2n) is 6.23. The van der Waals surface area contributed by atoms with E-state index in [4.69, 9.17) is 0 Å². The van der Waals surface area contributed by atoms with Gasteiger partial charge in [0.15, 0.2) is 0 Å². The summed E-state index contributed by atoms with van der Waals surface area (Å²) < 4.78 is 0. The number of benzene rings is 1. The van der Waals surface area contributed by atoms with Crippen LogP contribution in [0.4, 0.5) is 0 Å². The van der Waals surface area contributed by atoms with E-state index < -0.39 is 5.97 Å². The van der Waals surface area contributed by atoms with E-state index in [1.165, 1.54) is 27.7 Å². The Hall–Kier alpha value is -1.77. The average Bonchev–Trinajstić information content (AvgIpc) is 2.87. The number of carboxylic acids is 1. The molecular formula is C18H23NO2. The number of fused-ring (bicyclic) bond motifs is 3. The van der Waals surface area contributed by atoms with E-state index in [2.05, 4.69) is 37.0 Å². The summed E-state index contributed by atoms with van der Waals surface area (Å²) in [4.78, 5) is 15.0. The van der Waals surface area contributed by atoms with Crippen LogP contribution in [0, 0.1) is 0 Å². The van der Waals surface area contributed by atoms with Crippen molar-refractivity contribution in [2.75, 3.05) is 0 Å². The molecule has 1 aromatic carbocycles. The minimum atomic E-state index is -0.695. The Kier molecular flexibility index (Phi) is 3.52. The van der Waals surface area contributed by atoms with Crippen LogP contribution in [0.25, 0.3) is 10.9 Å². The SMILES string of the molecule is CCc1cccc2c3c([nH]c12)C(CC)(CC(=O)O)CCC3. The van der Waals surface area contributed by atoms with Crippen LogP contribution in [0.5, 0.6) is 0 Å². The van der Waals surface area contributed by atoms with Crippen LogP contribution in [-0.2, 0) is 23.1 Å². The van der Waals surface area contributed by atoms with Crippen molar-refractivity contribution in [2.45, 2.75) is 57.8 Å². The topological polar surface area (TPSA) is 53.1 Å². The van der Waals surface area contributed by atoms with Crippen LogP contribution in [-0.4, -0.2) is 16.1 Å². The van der Waals surface area contributed by atoms with Gasteiger partial charge in [-0.25, -0.2) is 0 Å². The lowest BCUT2D eigenvalue weighted by Gasteiger charge is -2.35. The molecule has 3 heteroatoms. The third-order valence-corrected chi connectivity index (χ3v) is 5.19. The van der Waals surface area contributed by atoms with E-state index in [0.29, 0.717) is 0 Å². The van der Waals surface area contributed by atoms with Crippen LogP contribution >= 0.6 is 0 Å². The summed E-state index contributed by atoms with van der Waals surface area (Å²) in [7, 11) is 0. The third-order valence-electron chi connectivity index (χ3n) is 5.19. The number of carbonyl (C=O) groups is 1. The van der Waals surface area contributed by atoms with Crippen LogP contribution in [0.15, 0.2) is 18.2 Å². The van der Waals surface area contributed by atoms with Gasteiger partial charge in [0.05, 0.1) is 6.42 Å². The Morgan fingerprint density at radius 3 is 2.86 bits per heavy atom. The minimum Gasteiger partial charge on any atom is -0.481 e. The summed E-state index contributed by atoms with van der Waals surface area (Å²) >= 11 is 0. The van der Waals surface area contributed by atoms with Crippen molar-refractivity contribution < 1.29 is 9.90 Å². The molecule has 2 aromatic rings. The molecular weight excluding hydrogens is 262 g/mol. The van der Waals surface area contributed by atoms with E-state index in [9.17, 15) is 9.90 Å². The number of carboxylic acid groups (broad SMARTS) is 1. The van der Waals surface area contributed by atoms with E-state index >= 15 is 0 Å². The van der Waals surface area contributed by atoms with Gasteiger partial charge in [0.1, 0.15) is 0 Å². The molecule has 0 amide bonds. The maximum Gasteiger partial charge on any atom is 0.304 e. The molecule has 0 aliphatic heterocycles. The highest BCUT2D eigenvalue weighted by Crippen LogP contribution is 2.45.